The fraction of sp³-hybridized carbons (Fsp3) is 0.158. The van der Waals surface area contributed by atoms with Gasteiger partial charge in [-0.05, 0) is 37.3 Å². The zero-order chi connectivity index (χ0) is 18.1. The van der Waals surface area contributed by atoms with E-state index in [-0.39, 0.29) is 11.9 Å². The largest absolute Gasteiger partial charge is 0.493 e. The number of para-hydroxylation sites is 1. The van der Waals surface area contributed by atoms with Crippen molar-refractivity contribution >= 4 is 29.4 Å². The van der Waals surface area contributed by atoms with Crippen molar-refractivity contribution in [2.45, 2.75) is 6.92 Å². The zero-order valence-electron chi connectivity index (χ0n) is 14.2. The minimum atomic E-state index is -0.323. The first-order chi connectivity index (χ1) is 12.1. The highest BCUT2D eigenvalue weighted by Crippen LogP contribution is 2.20. The van der Waals surface area contributed by atoms with Crippen LogP contribution >= 0.6 is 0 Å². The quantitative estimate of drug-likeness (QED) is 0.705. The lowest BCUT2D eigenvalue weighted by Crippen LogP contribution is -2.24. The van der Waals surface area contributed by atoms with Gasteiger partial charge in [-0.2, -0.15) is 0 Å². The molecule has 0 radical (unpaired) electrons. The molecule has 0 aliphatic rings. The molecule has 0 heterocycles. The van der Waals surface area contributed by atoms with E-state index in [1.807, 2.05) is 31.2 Å². The molecule has 2 aromatic carbocycles. The number of benzene rings is 2. The smallest absolute Gasteiger partial charge is 0.318 e. The molecule has 2 rings (SSSR count). The van der Waals surface area contributed by atoms with Gasteiger partial charge in [0.1, 0.15) is 5.75 Å². The third-order valence-corrected chi connectivity index (χ3v) is 3.25. The number of carbonyl (C=O) groups is 2. The van der Waals surface area contributed by atoms with Crippen LogP contribution in [0.3, 0.4) is 0 Å². The van der Waals surface area contributed by atoms with Gasteiger partial charge in [0.15, 0.2) is 0 Å². The van der Waals surface area contributed by atoms with Crippen LogP contribution in [-0.2, 0) is 4.79 Å². The number of ether oxygens (including phenoxy) is 1. The Morgan fingerprint density at radius 1 is 1.04 bits per heavy atom. The maximum absolute atomic E-state index is 12.1. The minimum Gasteiger partial charge on any atom is -0.493 e. The lowest BCUT2D eigenvalue weighted by Gasteiger charge is -2.08. The van der Waals surface area contributed by atoms with Crippen molar-refractivity contribution in [1.29, 1.82) is 0 Å². The van der Waals surface area contributed by atoms with Crippen LogP contribution in [0, 0.1) is 0 Å². The molecule has 0 saturated carbocycles. The maximum Gasteiger partial charge on any atom is 0.318 e. The van der Waals surface area contributed by atoms with Crippen molar-refractivity contribution in [1.82, 2.24) is 5.32 Å². The Bertz CT molecular complexity index is 772. The molecule has 3 amide bonds. The van der Waals surface area contributed by atoms with Crippen LogP contribution in [-0.4, -0.2) is 25.6 Å². The second kappa shape index (κ2) is 9.12. The van der Waals surface area contributed by atoms with E-state index < -0.39 is 0 Å². The standard InChI is InChI=1S/C19H21N3O3/c1-3-25-17-10-5-4-7-14(17)11-12-18(23)21-15-8-6-9-16(13-15)22-19(24)20-2/h4-13H,3H2,1-2H3,(H,21,23)(H2,20,22,24)/b12-11+. The Kier molecular flexibility index (Phi) is 6.59. The molecule has 0 bridgehead atoms. The normalized spacial score (nSPS) is 10.3. The van der Waals surface area contributed by atoms with E-state index >= 15 is 0 Å². The number of amides is 3. The fourth-order valence-electron chi connectivity index (χ4n) is 2.12. The van der Waals surface area contributed by atoms with Gasteiger partial charge in [-0.25, -0.2) is 4.79 Å². The first kappa shape index (κ1) is 18.1. The number of hydrogen-bond acceptors (Lipinski definition) is 3. The summed E-state index contributed by atoms with van der Waals surface area (Å²) in [4.78, 5) is 23.4. The highest BCUT2D eigenvalue weighted by Gasteiger charge is 2.03. The number of nitrogens with one attached hydrogen (secondary N) is 3. The van der Waals surface area contributed by atoms with Gasteiger partial charge >= 0.3 is 6.03 Å². The summed E-state index contributed by atoms with van der Waals surface area (Å²) >= 11 is 0. The zero-order valence-corrected chi connectivity index (χ0v) is 14.2. The summed E-state index contributed by atoms with van der Waals surface area (Å²) < 4.78 is 5.52. The van der Waals surface area contributed by atoms with E-state index in [0.717, 1.165) is 11.3 Å². The molecular weight excluding hydrogens is 318 g/mol. The molecule has 0 aliphatic heterocycles. The SMILES string of the molecule is CCOc1ccccc1/C=C/C(=O)Nc1cccc(NC(=O)NC)c1. The number of urea groups is 1. The van der Waals surface area contributed by atoms with Crippen molar-refractivity contribution in [2.24, 2.45) is 0 Å². The number of rotatable bonds is 6. The second-order valence-electron chi connectivity index (χ2n) is 5.08. The summed E-state index contributed by atoms with van der Waals surface area (Å²) in [5.74, 6) is 0.453. The Morgan fingerprint density at radius 3 is 2.48 bits per heavy atom. The van der Waals surface area contributed by atoms with E-state index in [0.29, 0.717) is 18.0 Å². The van der Waals surface area contributed by atoms with E-state index in [1.54, 1.807) is 30.3 Å². The van der Waals surface area contributed by atoms with Crippen LogP contribution in [0.4, 0.5) is 16.2 Å². The van der Waals surface area contributed by atoms with Gasteiger partial charge < -0.3 is 20.7 Å². The Labute approximate surface area is 146 Å². The summed E-state index contributed by atoms with van der Waals surface area (Å²) in [6.07, 6.45) is 3.14. The van der Waals surface area contributed by atoms with Crippen LogP contribution in [0.2, 0.25) is 0 Å². The summed E-state index contributed by atoms with van der Waals surface area (Å²) in [5.41, 5.74) is 2.00. The van der Waals surface area contributed by atoms with Crippen molar-refractivity contribution in [3.63, 3.8) is 0 Å². The predicted octanol–water partition coefficient (Wildman–Crippen LogP) is 3.49. The Morgan fingerprint density at radius 2 is 1.76 bits per heavy atom. The second-order valence-corrected chi connectivity index (χ2v) is 5.08. The van der Waals surface area contributed by atoms with Gasteiger partial charge in [0.2, 0.25) is 5.91 Å². The summed E-state index contributed by atoms with van der Waals surface area (Å²) in [5, 5.41) is 7.87. The molecule has 6 nitrogen and oxygen atoms in total. The van der Waals surface area contributed by atoms with Gasteiger partial charge in [0.25, 0.3) is 0 Å². The average molecular weight is 339 g/mol. The lowest BCUT2D eigenvalue weighted by atomic mass is 10.2. The van der Waals surface area contributed by atoms with Crippen molar-refractivity contribution in [3.8, 4) is 5.75 Å². The molecule has 0 fully saturated rings. The summed E-state index contributed by atoms with van der Waals surface area (Å²) in [7, 11) is 1.53. The first-order valence-corrected chi connectivity index (χ1v) is 7.92. The minimum absolute atomic E-state index is 0.275. The molecule has 25 heavy (non-hydrogen) atoms. The summed E-state index contributed by atoms with van der Waals surface area (Å²) in [6.45, 7) is 2.47. The van der Waals surface area contributed by atoms with Crippen molar-refractivity contribution in [2.75, 3.05) is 24.3 Å². The van der Waals surface area contributed by atoms with E-state index in [2.05, 4.69) is 16.0 Å². The topological polar surface area (TPSA) is 79.5 Å². The number of carbonyl (C=O) groups excluding carboxylic acids is 2. The maximum atomic E-state index is 12.1. The molecule has 0 saturated heterocycles. The molecule has 130 valence electrons. The molecule has 0 spiro atoms. The van der Waals surface area contributed by atoms with Crippen molar-refractivity contribution in [3.05, 3.63) is 60.2 Å². The van der Waals surface area contributed by atoms with Gasteiger partial charge in [-0.1, -0.05) is 24.3 Å². The Balaban J connectivity index is 2.03. The molecule has 0 aromatic heterocycles. The molecular formula is C19H21N3O3. The van der Waals surface area contributed by atoms with Crippen LogP contribution < -0.4 is 20.7 Å². The number of anilines is 2. The number of hydrogen-bond donors (Lipinski definition) is 3. The molecule has 0 atom stereocenters. The third-order valence-electron chi connectivity index (χ3n) is 3.25. The predicted molar refractivity (Wildman–Crippen MR) is 99.8 cm³/mol. The molecule has 3 N–H and O–H groups in total. The summed E-state index contributed by atoms with van der Waals surface area (Å²) in [6, 6.07) is 14.1. The van der Waals surface area contributed by atoms with Gasteiger partial charge in [-0.3, -0.25) is 4.79 Å². The highest BCUT2D eigenvalue weighted by molar-refractivity contribution is 6.02. The monoisotopic (exact) mass is 339 g/mol. The first-order valence-electron chi connectivity index (χ1n) is 7.92. The average Bonchev–Trinajstić information content (AvgIpc) is 2.61. The molecule has 2 aromatic rings. The van der Waals surface area contributed by atoms with Crippen LogP contribution in [0.25, 0.3) is 6.08 Å². The van der Waals surface area contributed by atoms with Gasteiger partial charge in [-0.15, -0.1) is 0 Å². The van der Waals surface area contributed by atoms with E-state index in [4.69, 9.17) is 4.74 Å². The fourth-order valence-corrected chi connectivity index (χ4v) is 2.12. The molecule has 0 aliphatic carbocycles. The lowest BCUT2D eigenvalue weighted by molar-refractivity contribution is -0.111. The van der Waals surface area contributed by atoms with Crippen LogP contribution in [0.1, 0.15) is 12.5 Å². The van der Waals surface area contributed by atoms with Gasteiger partial charge in [0, 0.05) is 30.1 Å². The third kappa shape index (κ3) is 5.69. The van der Waals surface area contributed by atoms with Crippen LogP contribution in [0.5, 0.6) is 5.75 Å². The molecule has 0 unspecified atom stereocenters. The van der Waals surface area contributed by atoms with E-state index in [1.165, 1.54) is 13.1 Å². The van der Waals surface area contributed by atoms with Crippen molar-refractivity contribution < 1.29 is 14.3 Å². The van der Waals surface area contributed by atoms with Crippen LogP contribution in [0.15, 0.2) is 54.6 Å². The molecule has 6 heteroatoms. The Hall–Kier alpha value is -3.28. The van der Waals surface area contributed by atoms with E-state index in [9.17, 15) is 9.59 Å². The highest BCUT2D eigenvalue weighted by atomic mass is 16.5. The van der Waals surface area contributed by atoms with Gasteiger partial charge in [0.05, 0.1) is 6.61 Å².